The summed E-state index contributed by atoms with van der Waals surface area (Å²) in [5, 5.41) is 11.9. The van der Waals surface area contributed by atoms with Gasteiger partial charge in [0.05, 0.1) is 17.4 Å². The minimum absolute atomic E-state index is 0.353. The van der Waals surface area contributed by atoms with E-state index in [0.29, 0.717) is 16.4 Å². The molecule has 8 heteroatoms. The Hall–Kier alpha value is -3.32. The third-order valence-corrected chi connectivity index (χ3v) is 5.04. The molecule has 0 aliphatic rings. The van der Waals surface area contributed by atoms with E-state index >= 15 is 0 Å². The van der Waals surface area contributed by atoms with Gasteiger partial charge >= 0.3 is 5.69 Å². The van der Waals surface area contributed by atoms with Gasteiger partial charge in [0.2, 0.25) is 0 Å². The van der Waals surface area contributed by atoms with E-state index in [-0.39, 0.29) is 5.69 Å². The smallest absolute Gasteiger partial charge is 0.354 e. The molecule has 0 aliphatic carbocycles. The van der Waals surface area contributed by atoms with Gasteiger partial charge in [-0.15, -0.1) is 0 Å². The summed E-state index contributed by atoms with van der Waals surface area (Å²) >= 11 is 6.22. The van der Waals surface area contributed by atoms with E-state index in [4.69, 9.17) is 11.6 Å². The van der Waals surface area contributed by atoms with Crippen molar-refractivity contribution in [2.75, 3.05) is 24.2 Å². The van der Waals surface area contributed by atoms with Crippen LogP contribution < -0.4 is 16.3 Å². The Balaban J connectivity index is 1.68. The predicted molar refractivity (Wildman–Crippen MR) is 117 cm³/mol. The minimum atomic E-state index is -0.353. The van der Waals surface area contributed by atoms with E-state index in [0.717, 1.165) is 35.4 Å². The van der Waals surface area contributed by atoms with E-state index < -0.39 is 0 Å². The predicted octanol–water partition coefficient (Wildman–Crippen LogP) is 3.47. The van der Waals surface area contributed by atoms with Gasteiger partial charge in [-0.25, -0.2) is 4.79 Å². The molecule has 0 atom stereocenters. The number of halogens is 1. The average molecular weight is 409 g/mol. The van der Waals surface area contributed by atoms with Crippen LogP contribution >= 0.6 is 11.6 Å². The molecule has 0 unspecified atom stereocenters. The summed E-state index contributed by atoms with van der Waals surface area (Å²) in [7, 11) is 3.64. The molecule has 0 aliphatic heterocycles. The van der Waals surface area contributed by atoms with Gasteiger partial charge in [0.25, 0.3) is 0 Å². The molecule has 0 amide bonds. The van der Waals surface area contributed by atoms with Crippen molar-refractivity contribution in [2.24, 2.45) is 7.05 Å². The zero-order valence-corrected chi connectivity index (χ0v) is 16.9. The van der Waals surface area contributed by atoms with Crippen molar-refractivity contribution in [3.63, 3.8) is 0 Å². The van der Waals surface area contributed by atoms with Crippen LogP contribution in [0.25, 0.3) is 16.6 Å². The Bertz CT molecular complexity index is 1230. The maximum atomic E-state index is 12.8. The van der Waals surface area contributed by atoms with Gasteiger partial charge in [0.15, 0.2) is 0 Å². The summed E-state index contributed by atoms with van der Waals surface area (Å²) in [6, 6.07) is 15.3. The average Bonchev–Trinajstić information content (AvgIpc) is 3.12. The van der Waals surface area contributed by atoms with E-state index in [1.165, 1.54) is 0 Å². The molecule has 4 rings (SSSR count). The van der Waals surface area contributed by atoms with Crippen molar-refractivity contribution in [2.45, 2.75) is 6.42 Å². The Morgan fingerprint density at radius 3 is 2.76 bits per heavy atom. The van der Waals surface area contributed by atoms with Crippen LogP contribution in [0.3, 0.4) is 0 Å². The van der Waals surface area contributed by atoms with Crippen LogP contribution in [0.4, 0.5) is 11.6 Å². The SMILES string of the molecule is CNc1nc(=O)n(-c2cccc(CCNc3ccnn3C)c2)c2cc(Cl)ccc12. The molecule has 4 aromatic rings. The van der Waals surface area contributed by atoms with Crippen molar-refractivity contribution in [1.82, 2.24) is 19.3 Å². The first-order valence-electron chi connectivity index (χ1n) is 9.28. The molecule has 0 saturated carbocycles. The highest BCUT2D eigenvalue weighted by Crippen LogP contribution is 2.25. The van der Waals surface area contributed by atoms with Crippen molar-refractivity contribution >= 4 is 34.1 Å². The maximum Gasteiger partial charge on any atom is 0.354 e. The van der Waals surface area contributed by atoms with Gasteiger partial charge in [0.1, 0.15) is 11.6 Å². The summed E-state index contributed by atoms with van der Waals surface area (Å²) < 4.78 is 3.39. The lowest BCUT2D eigenvalue weighted by molar-refractivity contribution is 0.767. The highest BCUT2D eigenvalue weighted by atomic mass is 35.5. The number of nitrogens with zero attached hydrogens (tertiary/aromatic N) is 4. The van der Waals surface area contributed by atoms with Gasteiger partial charge in [0, 0.05) is 37.1 Å². The van der Waals surface area contributed by atoms with Crippen LogP contribution in [-0.2, 0) is 13.5 Å². The van der Waals surface area contributed by atoms with Crippen molar-refractivity contribution in [3.05, 3.63) is 75.8 Å². The summed E-state index contributed by atoms with van der Waals surface area (Å²) in [6.07, 6.45) is 2.56. The van der Waals surface area contributed by atoms with Crippen LogP contribution in [0.2, 0.25) is 5.02 Å². The monoisotopic (exact) mass is 408 g/mol. The Morgan fingerprint density at radius 1 is 1.14 bits per heavy atom. The number of rotatable bonds is 6. The Kier molecular flexibility index (Phi) is 5.22. The van der Waals surface area contributed by atoms with Crippen LogP contribution in [0, 0.1) is 0 Å². The third kappa shape index (κ3) is 3.82. The zero-order chi connectivity index (χ0) is 20.4. The standard InChI is InChI=1S/C21H21ClN6O/c1-23-20-17-7-6-15(22)13-18(17)28(21(29)26-20)16-5-3-4-14(12-16)8-10-24-19-9-11-25-27(19)2/h3-7,9,11-13,24H,8,10H2,1-2H3,(H,23,26,29). The lowest BCUT2D eigenvalue weighted by Gasteiger charge is -2.14. The topological polar surface area (TPSA) is 76.8 Å². The Labute approximate surface area is 173 Å². The second kappa shape index (κ2) is 7.97. The molecule has 2 heterocycles. The molecule has 148 valence electrons. The summed E-state index contributed by atoms with van der Waals surface area (Å²) in [5.41, 5.74) is 2.23. The molecular weight excluding hydrogens is 388 g/mol. The van der Waals surface area contributed by atoms with E-state index in [2.05, 4.69) is 20.7 Å². The first-order valence-corrected chi connectivity index (χ1v) is 9.66. The maximum absolute atomic E-state index is 12.8. The zero-order valence-electron chi connectivity index (χ0n) is 16.2. The number of nitrogens with one attached hydrogen (secondary N) is 2. The van der Waals surface area contributed by atoms with Crippen molar-refractivity contribution in [1.29, 1.82) is 0 Å². The summed E-state index contributed by atoms with van der Waals surface area (Å²) in [6.45, 7) is 0.751. The Morgan fingerprint density at radius 2 is 2.00 bits per heavy atom. The first-order chi connectivity index (χ1) is 14.1. The van der Waals surface area contributed by atoms with Gasteiger partial charge < -0.3 is 10.6 Å². The fraction of sp³-hybridized carbons (Fsp3) is 0.190. The van der Waals surface area contributed by atoms with Crippen LogP contribution in [0.15, 0.2) is 59.5 Å². The fourth-order valence-corrected chi connectivity index (χ4v) is 3.54. The van der Waals surface area contributed by atoms with E-state index in [1.807, 2.05) is 43.4 Å². The molecule has 0 bridgehead atoms. The van der Waals surface area contributed by atoms with Crippen molar-refractivity contribution < 1.29 is 0 Å². The second-order valence-corrected chi connectivity index (χ2v) is 7.11. The lowest BCUT2D eigenvalue weighted by atomic mass is 10.1. The molecule has 2 aromatic heterocycles. The normalized spacial score (nSPS) is 11.0. The third-order valence-electron chi connectivity index (χ3n) is 4.80. The van der Waals surface area contributed by atoms with Crippen LogP contribution in [0.5, 0.6) is 0 Å². The number of aryl methyl sites for hydroxylation is 1. The molecule has 0 saturated heterocycles. The molecule has 0 radical (unpaired) electrons. The summed E-state index contributed by atoms with van der Waals surface area (Å²) in [5.74, 6) is 1.50. The van der Waals surface area contributed by atoms with E-state index in [1.54, 1.807) is 34.6 Å². The molecule has 0 spiro atoms. The second-order valence-electron chi connectivity index (χ2n) is 6.68. The van der Waals surface area contributed by atoms with Gasteiger partial charge in [-0.2, -0.15) is 10.1 Å². The number of hydrogen-bond donors (Lipinski definition) is 2. The molecule has 7 nitrogen and oxygen atoms in total. The van der Waals surface area contributed by atoms with Gasteiger partial charge in [-0.1, -0.05) is 23.7 Å². The molecule has 2 N–H and O–H groups in total. The van der Waals surface area contributed by atoms with Crippen LogP contribution in [0.1, 0.15) is 5.56 Å². The van der Waals surface area contributed by atoms with Crippen molar-refractivity contribution in [3.8, 4) is 5.69 Å². The van der Waals surface area contributed by atoms with Crippen LogP contribution in [-0.4, -0.2) is 32.9 Å². The largest absolute Gasteiger partial charge is 0.372 e. The molecular formula is C21H21ClN6O. The van der Waals surface area contributed by atoms with Gasteiger partial charge in [-0.05, 0) is 42.3 Å². The number of aromatic nitrogens is 4. The lowest BCUT2D eigenvalue weighted by Crippen LogP contribution is -2.23. The van der Waals surface area contributed by atoms with Gasteiger partial charge in [-0.3, -0.25) is 9.25 Å². The minimum Gasteiger partial charge on any atom is -0.372 e. The highest BCUT2D eigenvalue weighted by Gasteiger charge is 2.12. The highest BCUT2D eigenvalue weighted by molar-refractivity contribution is 6.31. The first kappa shape index (κ1) is 19.0. The molecule has 0 fully saturated rings. The number of anilines is 2. The molecule has 29 heavy (non-hydrogen) atoms. The fourth-order valence-electron chi connectivity index (χ4n) is 3.37. The quantitative estimate of drug-likeness (QED) is 0.511. The summed E-state index contributed by atoms with van der Waals surface area (Å²) in [4.78, 5) is 17.0. The number of benzene rings is 2. The van der Waals surface area contributed by atoms with E-state index in [9.17, 15) is 4.79 Å². The molecule has 2 aromatic carbocycles. The number of hydrogen-bond acceptors (Lipinski definition) is 5. The number of fused-ring (bicyclic) bond motifs is 1.